The number of benzene rings is 1. The summed E-state index contributed by atoms with van der Waals surface area (Å²) >= 11 is 0. The molecule has 0 radical (unpaired) electrons. The second kappa shape index (κ2) is 5.52. The number of ketones is 2. The third-order valence-electron chi connectivity index (χ3n) is 3.84. The van der Waals surface area contributed by atoms with Crippen molar-refractivity contribution in [3.05, 3.63) is 42.0 Å². The van der Waals surface area contributed by atoms with Gasteiger partial charge in [0.1, 0.15) is 11.6 Å². The minimum Gasteiger partial charge on any atom is -0.299 e. The van der Waals surface area contributed by atoms with Gasteiger partial charge in [0.2, 0.25) is 0 Å². The smallest absolute Gasteiger partial charge is 0.144 e. The molecule has 2 heteroatoms. The Balaban J connectivity index is 2.04. The number of hydrogen-bond donors (Lipinski definition) is 0. The van der Waals surface area contributed by atoms with Crippen LogP contribution in [0.5, 0.6) is 0 Å². The molecule has 1 fully saturated rings. The maximum atomic E-state index is 12.0. The van der Waals surface area contributed by atoms with E-state index in [1.165, 1.54) is 0 Å². The van der Waals surface area contributed by atoms with Crippen molar-refractivity contribution in [1.82, 2.24) is 0 Å². The summed E-state index contributed by atoms with van der Waals surface area (Å²) in [6.07, 6.45) is 5.44. The molecule has 19 heavy (non-hydrogen) atoms. The third kappa shape index (κ3) is 3.40. The Hall–Kier alpha value is -1.70. The Labute approximate surface area is 114 Å². The largest absolute Gasteiger partial charge is 0.299 e. The zero-order valence-electron chi connectivity index (χ0n) is 11.6. The fourth-order valence-electron chi connectivity index (χ4n) is 2.80. The van der Waals surface area contributed by atoms with Crippen LogP contribution in [0.2, 0.25) is 0 Å². The number of allylic oxidation sites excluding steroid dienone is 1. The molecule has 0 bridgehead atoms. The normalized spacial score (nSPS) is 22.9. The summed E-state index contributed by atoms with van der Waals surface area (Å²) in [7, 11) is 0. The van der Waals surface area contributed by atoms with E-state index in [2.05, 4.69) is 6.08 Å². The van der Waals surface area contributed by atoms with Crippen molar-refractivity contribution in [3.63, 3.8) is 0 Å². The second-order valence-electron chi connectivity index (χ2n) is 5.95. The molecule has 1 aliphatic rings. The van der Waals surface area contributed by atoms with E-state index in [-0.39, 0.29) is 29.3 Å². The number of rotatable bonds is 3. The number of Topliss-reactive ketones (excluding diaryl/α,β-unsaturated/α-hetero) is 2. The highest BCUT2D eigenvalue weighted by atomic mass is 16.1. The summed E-state index contributed by atoms with van der Waals surface area (Å²) in [4.78, 5) is 23.5. The van der Waals surface area contributed by atoms with Crippen LogP contribution in [0.1, 0.15) is 38.7 Å². The van der Waals surface area contributed by atoms with E-state index in [0.29, 0.717) is 12.8 Å². The second-order valence-corrected chi connectivity index (χ2v) is 5.95. The van der Waals surface area contributed by atoms with E-state index in [4.69, 9.17) is 0 Å². The summed E-state index contributed by atoms with van der Waals surface area (Å²) in [5.41, 5.74) is 0.924. The number of carbonyl (C=O) groups is 2. The number of carbonyl (C=O) groups excluding carboxylic acids is 2. The molecule has 100 valence electrons. The fraction of sp³-hybridized carbons (Fsp3) is 0.412. The lowest BCUT2D eigenvalue weighted by molar-refractivity contribution is -0.138. The summed E-state index contributed by atoms with van der Waals surface area (Å²) < 4.78 is 0. The van der Waals surface area contributed by atoms with Gasteiger partial charge in [0.15, 0.2) is 0 Å². The first kappa shape index (κ1) is 13.7. The average molecular weight is 256 g/mol. The highest BCUT2D eigenvalue weighted by molar-refractivity contribution is 6.03. The molecular formula is C17H20O2. The molecule has 1 aromatic carbocycles. The topological polar surface area (TPSA) is 34.1 Å². The van der Waals surface area contributed by atoms with Crippen LogP contribution >= 0.6 is 0 Å². The summed E-state index contributed by atoms with van der Waals surface area (Å²) in [6, 6.07) is 10.0. The molecule has 0 N–H and O–H groups in total. The fourth-order valence-corrected chi connectivity index (χ4v) is 2.80. The molecule has 1 aliphatic carbocycles. The molecule has 0 aromatic heterocycles. The van der Waals surface area contributed by atoms with Gasteiger partial charge in [-0.3, -0.25) is 9.59 Å². The zero-order valence-corrected chi connectivity index (χ0v) is 11.6. The maximum Gasteiger partial charge on any atom is 0.144 e. The Morgan fingerprint density at radius 1 is 1.21 bits per heavy atom. The van der Waals surface area contributed by atoms with Crippen LogP contribution in [0.4, 0.5) is 0 Å². The predicted octanol–water partition coefficient (Wildman–Crippen LogP) is 3.66. The van der Waals surface area contributed by atoms with Crippen LogP contribution in [0.25, 0.3) is 6.08 Å². The van der Waals surface area contributed by atoms with E-state index >= 15 is 0 Å². The molecule has 2 rings (SSSR count). The van der Waals surface area contributed by atoms with E-state index in [9.17, 15) is 9.59 Å². The van der Waals surface area contributed by atoms with Crippen molar-refractivity contribution in [2.24, 2.45) is 11.3 Å². The molecule has 0 spiro atoms. The van der Waals surface area contributed by atoms with Crippen LogP contribution < -0.4 is 0 Å². The third-order valence-corrected chi connectivity index (χ3v) is 3.84. The van der Waals surface area contributed by atoms with Crippen molar-refractivity contribution in [2.45, 2.75) is 33.1 Å². The van der Waals surface area contributed by atoms with Gasteiger partial charge >= 0.3 is 0 Å². The zero-order chi connectivity index (χ0) is 13.9. The van der Waals surface area contributed by atoms with Crippen molar-refractivity contribution in [2.75, 3.05) is 0 Å². The Kier molecular flexibility index (Phi) is 3.98. The summed E-state index contributed by atoms with van der Waals surface area (Å²) in [5, 5.41) is 0. The van der Waals surface area contributed by atoms with Gasteiger partial charge in [-0.2, -0.15) is 0 Å². The van der Waals surface area contributed by atoms with Crippen molar-refractivity contribution in [1.29, 1.82) is 0 Å². The Morgan fingerprint density at radius 3 is 2.53 bits per heavy atom. The van der Waals surface area contributed by atoms with Crippen LogP contribution in [-0.4, -0.2) is 11.6 Å². The van der Waals surface area contributed by atoms with Crippen LogP contribution in [0, 0.1) is 11.3 Å². The minimum atomic E-state index is -0.215. The lowest BCUT2D eigenvalue weighted by atomic mass is 9.66. The van der Waals surface area contributed by atoms with Crippen molar-refractivity contribution >= 4 is 17.6 Å². The van der Waals surface area contributed by atoms with Crippen LogP contribution in [0.15, 0.2) is 36.4 Å². The van der Waals surface area contributed by atoms with Gasteiger partial charge in [0.05, 0.1) is 6.42 Å². The van der Waals surface area contributed by atoms with Gasteiger partial charge in [-0.15, -0.1) is 0 Å². The molecule has 2 nitrogen and oxygen atoms in total. The first-order valence-electron chi connectivity index (χ1n) is 6.75. The quantitative estimate of drug-likeness (QED) is 0.773. The van der Waals surface area contributed by atoms with E-state index in [0.717, 1.165) is 5.56 Å². The van der Waals surface area contributed by atoms with Gasteiger partial charge in [-0.1, -0.05) is 56.3 Å². The first-order chi connectivity index (χ1) is 8.99. The van der Waals surface area contributed by atoms with Gasteiger partial charge in [0.25, 0.3) is 0 Å². The van der Waals surface area contributed by atoms with E-state index in [1.807, 2.05) is 50.3 Å². The molecule has 0 heterocycles. The molecule has 1 aromatic rings. The van der Waals surface area contributed by atoms with Gasteiger partial charge in [-0.25, -0.2) is 0 Å². The monoisotopic (exact) mass is 256 g/mol. The van der Waals surface area contributed by atoms with Crippen LogP contribution in [-0.2, 0) is 9.59 Å². The van der Waals surface area contributed by atoms with E-state index < -0.39 is 0 Å². The Bertz CT molecular complexity index is 497. The van der Waals surface area contributed by atoms with Crippen molar-refractivity contribution < 1.29 is 9.59 Å². The molecule has 0 amide bonds. The van der Waals surface area contributed by atoms with Gasteiger partial charge < -0.3 is 0 Å². The maximum absolute atomic E-state index is 12.0. The highest BCUT2D eigenvalue weighted by Crippen LogP contribution is 2.39. The Morgan fingerprint density at radius 2 is 1.89 bits per heavy atom. The predicted molar refractivity (Wildman–Crippen MR) is 76.6 cm³/mol. The standard InChI is InChI=1S/C17H20O2/c1-17(2)12-14(18)11-16(19)15(17)10-6-9-13-7-4-3-5-8-13/h3-9,15H,10-12H2,1-2H3/b9-6+. The molecule has 1 saturated carbocycles. The average Bonchev–Trinajstić information content (AvgIpc) is 2.33. The van der Waals surface area contributed by atoms with E-state index in [1.54, 1.807) is 0 Å². The lowest BCUT2D eigenvalue weighted by Gasteiger charge is -2.36. The summed E-state index contributed by atoms with van der Waals surface area (Å²) in [6.45, 7) is 4.03. The lowest BCUT2D eigenvalue weighted by Crippen LogP contribution is -2.39. The SMILES string of the molecule is CC1(C)CC(=O)CC(=O)C1C/C=C/c1ccccc1. The highest BCUT2D eigenvalue weighted by Gasteiger charge is 2.40. The van der Waals surface area contributed by atoms with Crippen LogP contribution in [0.3, 0.4) is 0 Å². The van der Waals surface area contributed by atoms with Gasteiger partial charge in [0, 0.05) is 12.3 Å². The molecule has 0 saturated heterocycles. The summed E-state index contributed by atoms with van der Waals surface area (Å²) in [5.74, 6) is 0.141. The van der Waals surface area contributed by atoms with Gasteiger partial charge in [-0.05, 0) is 17.4 Å². The molecule has 1 atom stereocenters. The molecular weight excluding hydrogens is 236 g/mol. The first-order valence-corrected chi connectivity index (χ1v) is 6.75. The molecule has 1 unspecified atom stereocenters. The molecule has 0 aliphatic heterocycles. The number of hydrogen-bond acceptors (Lipinski definition) is 2. The minimum absolute atomic E-state index is 0.0369. The van der Waals surface area contributed by atoms with Crippen molar-refractivity contribution in [3.8, 4) is 0 Å².